The molecule has 0 spiro atoms. The van der Waals surface area contributed by atoms with Crippen LogP contribution >= 0.6 is 0 Å². The van der Waals surface area contributed by atoms with Gasteiger partial charge in [-0.3, -0.25) is 4.79 Å². The fourth-order valence-corrected chi connectivity index (χ4v) is 1.41. The van der Waals surface area contributed by atoms with Crippen LogP contribution in [0, 0.1) is 0 Å². The Bertz CT molecular complexity index is 476. The van der Waals surface area contributed by atoms with Crippen molar-refractivity contribution in [3.63, 3.8) is 0 Å². The molecule has 5 heteroatoms. The summed E-state index contributed by atoms with van der Waals surface area (Å²) in [5.74, 6) is -1.11. The molecule has 1 rings (SSSR count). The fourth-order valence-electron chi connectivity index (χ4n) is 1.41. The van der Waals surface area contributed by atoms with Gasteiger partial charge in [0, 0.05) is 5.57 Å². The molecule has 1 aromatic rings. The third kappa shape index (κ3) is 3.93. The van der Waals surface area contributed by atoms with Crippen molar-refractivity contribution >= 4 is 18.0 Å². The normalized spacial score (nSPS) is 10.9. The van der Waals surface area contributed by atoms with E-state index in [9.17, 15) is 9.59 Å². The smallest absolute Gasteiger partial charge is 0.334 e. The van der Waals surface area contributed by atoms with Gasteiger partial charge in [0.15, 0.2) is 0 Å². The number of carbonyl (C=O) groups is 2. The van der Waals surface area contributed by atoms with E-state index >= 15 is 0 Å². The van der Waals surface area contributed by atoms with Crippen molar-refractivity contribution in [3.05, 3.63) is 35.4 Å². The summed E-state index contributed by atoms with van der Waals surface area (Å²) in [6, 6.07) is 6.95. The van der Waals surface area contributed by atoms with Crippen LogP contribution in [-0.4, -0.2) is 31.3 Å². The maximum absolute atomic E-state index is 11.4. The number of rotatable bonds is 5. The quantitative estimate of drug-likeness (QED) is 0.636. The number of benzene rings is 1. The molecule has 0 aliphatic carbocycles. The SMILES string of the molecule is COC(=O)C(=Cc1cccc(OC)c1)CC(=O)O. The zero-order valence-corrected chi connectivity index (χ0v) is 10.2. The summed E-state index contributed by atoms with van der Waals surface area (Å²) in [5, 5.41) is 8.73. The molecule has 0 saturated heterocycles. The Labute approximate surface area is 105 Å². The second kappa shape index (κ2) is 6.44. The van der Waals surface area contributed by atoms with Gasteiger partial charge in [0.05, 0.1) is 20.6 Å². The standard InChI is InChI=1S/C13H14O5/c1-17-11-5-3-4-9(7-11)6-10(8-12(14)15)13(16)18-2/h3-7H,8H2,1-2H3,(H,14,15). The van der Waals surface area contributed by atoms with E-state index in [0.29, 0.717) is 11.3 Å². The van der Waals surface area contributed by atoms with Crippen LogP contribution in [0.25, 0.3) is 6.08 Å². The van der Waals surface area contributed by atoms with E-state index in [1.807, 2.05) is 0 Å². The van der Waals surface area contributed by atoms with E-state index in [0.717, 1.165) is 0 Å². The lowest BCUT2D eigenvalue weighted by Gasteiger charge is -2.04. The highest BCUT2D eigenvalue weighted by molar-refractivity contribution is 5.97. The molecule has 0 radical (unpaired) electrons. The van der Waals surface area contributed by atoms with Gasteiger partial charge in [0.25, 0.3) is 0 Å². The van der Waals surface area contributed by atoms with Crippen molar-refractivity contribution in [2.45, 2.75) is 6.42 Å². The zero-order chi connectivity index (χ0) is 13.5. The molecule has 0 fully saturated rings. The second-order valence-electron chi connectivity index (χ2n) is 3.51. The Kier molecular flexibility index (Phi) is 4.92. The molecular weight excluding hydrogens is 236 g/mol. The highest BCUT2D eigenvalue weighted by Crippen LogP contribution is 2.17. The van der Waals surface area contributed by atoms with Gasteiger partial charge in [-0.2, -0.15) is 0 Å². The van der Waals surface area contributed by atoms with Crippen LogP contribution in [0.3, 0.4) is 0 Å². The van der Waals surface area contributed by atoms with Crippen molar-refractivity contribution in [3.8, 4) is 5.75 Å². The number of carbonyl (C=O) groups excluding carboxylic acids is 1. The molecule has 1 aromatic carbocycles. The summed E-state index contributed by atoms with van der Waals surface area (Å²) >= 11 is 0. The first kappa shape index (κ1) is 13.8. The Morgan fingerprint density at radius 2 is 2.06 bits per heavy atom. The maximum atomic E-state index is 11.4. The minimum Gasteiger partial charge on any atom is -0.497 e. The van der Waals surface area contributed by atoms with Gasteiger partial charge in [-0.05, 0) is 23.8 Å². The predicted octanol–water partition coefficient (Wildman–Crippen LogP) is 1.73. The number of carboxylic acid groups (broad SMARTS) is 1. The molecule has 0 amide bonds. The molecule has 0 unspecified atom stereocenters. The van der Waals surface area contributed by atoms with Crippen molar-refractivity contribution in [1.29, 1.82) is 0 Å². The highest BCUT2D eigenvalue weighted by atomic mass is 16.5. The molecule has 0 heterocycles. The van der Waals surface area contributed by atoms with Crippen LogP contribution in [0.2, 0.25) is 0 Å². The lowest BCUT2D eigenvalue weighted by Crippen LogP contribution is -2.09. The third-order valence-electron chi connectivity index (χ3n) is 2.22. The van der Waals surface area contributed by atoms with Crippen LogP contribution in [0.15, 0.2) is 29.8 Å². The van der Waals surface area contributed by atoms with Crippen molar-refractivity contribution in [2.24, 2.45) is 0 Å². The predicted molar refractivity (Wildman–Crippen MR) is 65.2 cm³/mol. The monoisotopic (exact) mass is 250 g/mol. The lowest BCUT2D eigenvalue weighted by molar-refractivity contribution is -0.141. The largest absolute Gasteiger partial charge is 0.497 e. The molecule has 96 valence electrons. The first-order valence-corrected chi connectivity index (χ1v) is 5.21. The summed E-state index contributed by atoms with van der Waals surface area (Å²) in [6.07, 6.45) is 1.09. The first-order valence-electron chi connectivity index (χ1n) is 5.21. The Hall–Kier alpha value is -2.30. The lowest BCUT2D eigenvalue weighted by atomic mass is 10.1. The van der Waals surface area contributed by atoms with Gasteiger partial charge in [-0.1, -0.05) is 12.1 Å². The summed E-state index contributed by atoms with van der Waals surface area (Å²) in [7, 11) is 2.74. The fraction of sp³-hybridized carbons (Fsp3) is 0.231. The van der Waals surface area contributed by atoms with E-state index in [4.69, 9.17) is 9.84 Å². The minimum atomic E-state index is -1.09. The van der Waals surface area contributed by atoms with Gasteiger partial charge >= 0.3 is 11.9 Å². The summed E-state index contributed by atoms with van der Waals surface area (Å²) in [6.45, 7) is 0. The van der Waals surface area contributed by atoms with E-state index < -0.39 is 11.9 Å². The molecule has 0 aliphatic rings. The molecule has 0 atom stereocenters. The van der Waals surface area contributed by atoms with Crippen LogP contribution < -0.4 is 4.74 Å². The van der Waals surface area contributed by atoms with Crippen LogP contribution in [-0.2, 0) is 14.3 Å². The van der Waals surface area contributed by atoms with E-state index in [1.165, 1.54) is 20.3 Å². The number of esters is 1. The van der Waals surface area contributed by atoms with Gasteiger partial charge in [0.2, 0.25) is 0 Å². The number of hydrogen-bond acceptors (Lipinski definition) is 4. The summed E-state index contributed by atoms with van der Waals surface area (Å²) in [5.41, 5.74) is 0.759. The molecule has 1 N–H and O–H groups in total. The Morgan fingerprint density at radius 3 is 2.61 bits per heavy atom. The molecule has 0 bridgehead atoms. The summed E-state index contributed by atoms with van der Waals surface area (Å²) in [4.78, 5) is 22.1. The molecule has 0 aliphatic heterocycles. The van der Waals surface area contributed by atoms with Crippen molar-refractivity contribution in [2.75, 3.05) is 14.2 Å². The van der Waals surface area contributed by atoms with Gasteiger partial charge in [0.1, 0.15) is 5.75 Å². The molecular formula is C13H14O5. The van der Waals surface area contributed by atoms with Crippen LogP contribution in [0.4, 0.5) is 0 Å². The molecule has 5 nitrogen and oxygen atoms in total. The van der Waals surface area contributed by atoms with Gasteiger partial charge in [-0.25, -0.2) is 4.79 Å². The number of methoxy groups -OCH3 is 2. The minimum absolute atomic E-state index is 0.0817. The summed E-state index contributed by atoms with van der Waals surface area (Å²) < 4.78 is 9.58. The number of hydrogen-bond donors (Lipinski definition) is 1. The van der Waals surface area contributed by atoms with E-state index in [1.54, 1.807) is 24.3 Å². The van der Waals surface area contributed by atoms with Gasteiger partial charge < -0.3 is 14.6 Å². The van der Waals surface area contributed by atoms with Crippen molar-refractivity contribution in [1.82, 2.24) is 0 Å². The van der Waals surface area contributed by atoms with Crippen LogP contribution in [0.5, 0.6) is 5.75 Å². The number of aliphatic carboxylic acids is 1. The second-order valence-corrected chi connectivity index (χ2v) is 3.51. The molecule has 0 saturated carbocycles. The molecule has 18 heavy (non-hydrogen) atoms. The average molecular weight is 250 g/mol. The first-order chi connectivity index (χ1) is 8.56. The average Bonchev–Trinajstić information content (AvgIpc) is 2.36. The van der Waals surface area contributed by atoms with Crippen LogP contribution in [0.1, 0.15) is 12.0 Å². The van der Waals surface area contributed by atoms with E-state index in [2.05, 4.69) is 4.74 Å². The third-order valence-corrected chi connectivity index (χ3v) is 2.22. The topological polar surface area (TPSA) is 72.8 Å². The molecule has 0 aromatic heterocycles. The van der Waals surface area contributed by atoms with Crippen molar-refractivity contribution < 1.29 is 24.2 Å². The Balaban J connectivity index is 3.05. The number of ether oxygens (including phenoxy) is 2. The maximum Gasteiger partial charge on any atom is 0.334 e. The zero-order valence-electron chi connectivity index (χ0n) is 10.2. The van der Waals surface area contributed by atoms with Gasteiger partial charge in [-0.15, -0.1) is 0 Å². The van der Waals surface area contributed by atoms with E-state index in [-0.39, 0.29) is 12.0 Å². The highest BCUT2D eigenvalue weighted by Gasteiger charge is 2.13. The number of carboxylic acids is 1. The Morgan fingerprint density at radius 1 is 1.33 bits per heavy atom.